The molecule has 5 rings (SSSR count). The minimum absolute atomic E-state index is 0.184. The summed E-state index contributed by atoms with van der Waals surface area (Å²) in [4.78, 5) is 26.5. The summed E-state index contributed by atoms with van der Waals surface area (Å²) < 4.78 is 15.9. The van der Waals surface area contributed by atoms with Gasteiger partial charge in [0.1, 0.15) is 5.82 Å². The number of halogens is 1. The Bertz CT molecular complexity index is 1360. The summed E-state index contributed by atoms with van der Waals surface area (Å²) in [6.07, 6.45) is 0.722. The zero-order valence-electron chi connectivity index (χ0n) is 17.8. The Labute approximate surface area is 189 Å². The van der Waals surface area contributed by atoms with E-state index in [2.05, 4.69) is 16.7 Å². The first-order chi connectivity index (χ1) is 16.0. The molecule has 2 amide bonds. The number of nitrogens with one attached hydrogen (secondary N) is 1. The van der Waals surface area contributed by atoms with E-state index in [9.17, 15) is 14.0 Å². The number of hydrogen-bond acceptors (Lipinski definition) is 3. The van der Waals surface area contributed by atoms with Crippen LogP contribution < -0.4 is 5.48 Å². The SMILES string of the molecule is O=C(NO)c1ccc(Cn2c3c(c4ccccc42)CCN(C(=O)c2cccc(F)c2)C3)cc1. The molecule has 0 saturated heterocycles. The van der Waals surface area contributed by atoms with Crippen LogP contribution in [0.1, 0.15) is 37.5 Å². The average Bonchev–Trinajstić information content (AvgIpc) is 3.16. The lowest BCUT2D eigenvalue weighted by molar-refractivity contribution is 0.0705. The maximum atomic E-state index is 13.7. The third-order valence-electron chi connectivity index (χ3n) is 6.18. The van der Waals surface area contributed by atoms with E-state index >= 15 is 0 Å². The summed E-state index contributed by atoms with van der Waals surface area (Å²) in [5.74, 6) is -1.17. The molecule has 0 spiro atoms. The molecule has 0 unspecified atom stereocenters. The lowest BCUT2D eigenvalue weighted by atomic mass is 10.0. The highest BCUT2D eigenvalue weighted by atomic mass is 19.1. The van der Waals surface area contributed by atoms with Gasteiger partial charge in [-0.2, -0.15) is 0 Å². The molecule has 1 aliphatic heterocycles. The standard InChI is InChI=1S/C26H22FN3O3/c27-20-5-3-4-19(14-20)26(32)29-13-12-22-21-6-1-2-7-23(21)30(24(22)16-29)15-17-8-10-18(11-9-17)25(31)28-33/h1-11,14,33H,12-13,15-16H2,(H,28,31). The fourth-order valence-corrected chi connectivity index (χ4v) is 4.56. The van der Waals surface area contributed by atoms with Crippen molar-refractivity contribution in [2.75, 3.05) is 6.54 Å². The molecule has 0 saturated carbocycles. The number of hydroxylamine groups is 1. The van der Waals surface area contributed by atoms with Gasteiger partial charge in [-0.1, -0.05) is 36.4 Å². The number of carbonyl (C=O) groups excluding carboxylic acids is 2. The number of hydrogen-bond donors (Lipinski definition) is 2. The first-order valence-electron chi connectivity index (χ1n) is 10.7. The van der Waals surface area contributed by atoms with Crippen molar-refractivity contribution in [1.82, 2.24) is 14.9 Å². The van der Waals surface area contributed by atoms with Crippen LogP contribution in [0.4, 0.5) is 4.39 Å². The van der Waals surface area contributed by atoms with Gasteiger partial charge in [-0.15, -0.1) is 0 Å². The summed E-state index contributed by atoms with van der Waals surface area (Å²) in [6, 6.07) is 21.0. The third kappa shape index (κ3) is 3.87. The van der Waals surface area contributed by atoms with E-state index in [0.29, 0.717) is 30.8 Å². The molecule has 33 heavy (non-hydrogen) atoms. The molecule has 2 heterocycles. The number of para-hydroxylation sites is 1. The molecule has 3 aromatic carbocycles. The molecular formula is C26H22FN3O3. The van der Waals surface area contributed by atoms with Gasteiger partial charge in [-0.25, -0.2) is 9.87 Å². The number of nitrogens with zero attached hydrogens (tertiary/aromatic N) is 2. The van der Waals surface area contributed by atoms with Gasteiger partial charge in [-0.3, -0.25) is 14.8 Å². The maximum Gasteiger partial charge on any atom is 0.274 e. The topological polar surface area (TPSA) is 74.6 Å². The van der Waals surface area contributed by atoms with Gasteiger partial charge in [0.15, 0.2) is 0 Å². The Balaban J connectivity index is 1.50. The summed E-state index contributed by atoms with van der Waals surface area (Å²) in [6.45, 7) is 1.57. The zero-order valence-corrected chi connectivity index (χ0v) is 17.8. The second kappa shape index (κ2) is 8.52. The molecule has 1 aliphatic rings. The molecular weight excluding hydrogens is 421 g/mol. The van der Waals surface area contributed by atoms with E-state index in [4.69, 9.17) is 5.21 Å². The molecule has 6 nitrogen and oxygen atoms in total. The second-order valence-electron chi connectivity index (χ2n) is 8.15. The van der Waals surface area contributed by atoms with Crippen molar-refractivity contribution in [2.24, 2.45) is 0 Å². The van der Waals surface area contributed by atoms with E-state index in [1.807, 2.05) is 24.3 Å². The van der Waals surface area contributed by atoms with Gasteiger partial charge in [0.2, 0.25) is 0 Å². The molecule has 1 aromatic heterocycles. The molecule has 7 heteroatoms. The average molecular weight is 443 g/mol. The van der Waals surface area contributed by atoms with Crippen molar-refractivity contribution in [2.45, 2.75) is 19.5 Å². The summed E-state index contributed by atoms with van der Waals surface area (Å²) in [5.41, 5.74) is 6.71. The summed E-state index contributed by atoms with van der Waals surface area (Å²) in [5, 5.41) is 9.99. The number of carbonyl (C=O) groups is 2. The second-order valence-corrected chi connectivity index (χ2v) is 8.15. The van der Waals surface area contributed by atoms with Gasteiger partial charge >= 0.3 is 0 Å². The van der Waals surface area contributed by atoms with E-state index in [0.717, 1.165) is 23.2 Å². The van der Waals surface area contributed by atoms with Gasteiger partial charge in [0, 0.05) is 40.8 Å². The highest BCUT2D eigenvalue weighted by Crippen LogP contribution is 2.32. The van der Waals surface area contributed by atoms with Gasteiger partial charge in [0.25, 0.3) is 11.8 Å². The predicted molar refractivity (Wildman–Crippen MR) is 122 cm³/mol. The van der Waals surface area contributed by atoms with Crippen molar-refractivity contribution in [3.63, 3.8) is 0 Å². The molecule has 0 aliphatic carbocycles. The highest BCUT2D eigenvalue weighted by molar-refractivity contribution is 5.95. The Morgan fingerprint density at radius 3 is 2.52 bits per heavy atom. The van der Waals surface area contributed by atoms with Crippen LogP contribution in [0.5, 0.6) is 0 Å². The number of amides is 2. The molecule has 2 N–H and O–H groups in total. The molecule has 0 atom stereocenters. The zero-order chi connectivity index (χ0) is 22.9. The van der Waals surface area contributed by atoms with Crippen molar-refractivity contribution < 1.29 is 19.2 Å². The number of benzene rings is 3. The van der Waals surface area contributed by atoms with E-state index in [1.54, 1.807) is 34.6 Å². The quantitative estimate of drug-likeness (QED) is 0.368. The summed E-state index contributed by atoms with van der Waals surface area (Å²) in [7, 11) is 0. The lowest BCUT2D eigenvalue weighted by Crippen LogP contribution is -2.36. The van der Waals surface area contributed by atoms with Gasteiger partial charge in [-0.05, 0) is 53.9 Å². The van der Waals surface area contributed by atoms with Crippen LogP contribution in [0.3, 0.4) is 0 Å². The monoisotopic (exact) mass is 443 g/mol. The Hall–Kier alpha value is -3.97. The predicted octanol–water partition coefficient (Wildman–Crippen LogP) is 4.15. The first kappa shape index (κ1) is 20.9. The van der Waals surface area contributed by atoms with Crippen molar-refractivity contribution in [1.29, 1.82) is 0 Å². The number of fused-ring (bicyclic) bond motifs is 3. The lowest BCUT2D eigenvalue weighted by Gasteiger charge is -2.29. The minimum Gasteiger partial charge on any atom is -0.338 e. The Kier molecular flexibility index (Phi) is 5.40. The molecule has 0 fully saturated rings. The van der Waals surface area contributed by atoms with Crippen LogP contribution in [0, 0.1) is 5.82 Å². The van der Waals surface area contributed by atoms with Crippen LogP contribution in [0.15, 0.2) is 72.8 Å². The largest absolute Gasteiger partial charge is 0.338 e. The van der Waals surface area contributed by atoms with Gasteiger partial charge in [0.05, 0.1) is 6.54 Å². The van der Waals surface area contributed by atoms with Crippen LogP contribution in [-0.4, -0.2) is 33.0 Å². The van der Waals surface area contributed by atoms with Gasteiger partial charge < -0.3 is 9.47 Å². The fourth-order valence-electron chi connectivity index (χ4n) is 4.56. The Morgan fingerprint density at radius 2 is 1.76 bits per heavy atom. The molecule has 0 bridgehead atoms. The number of rotatable bonds is 4. The van der Waals surface area contributed by atoms with Crippen LogP contribution in [0.2, 0.25) is 0 Å². The van der Waals surface area contributed by atoms with E-state index in [-0.39, 0.29) is 5.91 Å². The minimum atomic E-state index is -0.558. The van der Waals surface area contributed by atoms with E-state index < -0.39 is 11.7 Å². The first-order valence-corrected chi connectivity index (χ1v) is 10.7. The van der Waals surface area contributed by atoms with Crippen LogP contribution in [-0.2, 0) is 19.5 Å². The highest BCUT2D eigenvalue weighted by Gasteiger charge is 2.27. The molecule has 166 valence electrons. The van der Waals surface area contributed by atoms with Crippen molar-refractivity contribution in [3.05, 3.63) is 107 Å². The normalized spacial score (nSPS) is 13.1. The molecule has 0 radical (unpaired) electrons. The Morgan fingerprint density at radius 1 is 0.970 bits per heavy atom. The van der Waals surface area contributed by atoms with Crippen molar-refractivity contribution >= 4 is 22.7 Å². The third-order valence-corrected chi connectivity index (χ3v) is 6.18. The fraction of sp³-hybridized carbons (Fsp3) is 0.154. The van der Waals surface area contributed by atoms with Crippen LogP contribution in [0.25, 0.3) is 10.9 Å². The van der Waals surface area contributed by atoms with Crippen LogP contribution >= 0.6 is 0 Å². The number of aromatic nitrogens is 1. The maximum absolute atomic E-state index is 13.7. The summed E-state index contributed by atoms with van der Waals surface area (Å²) >= 11 is 0. The van der Waals surface area contributed by atoms with Crippen molar-refractivity contribution in [3.8, 4) is 0 Å². The molecule has 4 aromatic rings. The van der Waals surface area contributed by atoms with E-state index in [1.165, 1.54) is 23.1 Å². The smallest absolute Gasteiger partial charge is 0.274 e.